The van der Waals surface area contributed by atoms with Crippen LogP contribution in [0.15, 0.2) is 54.7 Å². The number of carbonyl (C=O) groups is 4. The summed E-state index contributed by atoms with van der Waals surface area (Å²) in [6.45, 7) is 5.62. The third kappa shape index (κ3) is 7.53. The lowest BCUT2D eigenvalue weighted by atomic mass is 10.0. The molecule has 2 aliphatic rings. The molecule has 1 fully saturated rings. The quantitative estimate of drug-likeness (QED) is 0.366. The molecule has 0 unspecified atom stereocenters. The summed E-state index contributed by atoms with van der Waals surface area (Å²) in [7, 11) is 3.22. The highest BCUT2D eigenvalue weighted by Gasteiger charge is 2.46. The Kier molecular flexibility index (Phi) is 10.4. The Morgan fingerprint density at radius 3 is 2.51 bits per heavy atom. The Bertz CT molecular complexity index is 1350. The van der Waals surface area contributed by atoms with E-state index in [0.29, 0.717) is 23.5 Å². The Labute approximate surface area is 252 Å². The number of carbonyl (C=O) groups excluding carboxylic acids is 4. The molecule has 2 bridgehead atoms. The molecule has 2 aliphatic heterocycles. The molecule has 0 aliphatic carbocycles. The normalized spacial score (nSPS) is 21.6. The van der Waals surface area contributed by atoms with E-state index in [1.807, 2.05) is 44.2 Å². The maximum absolute atomic E-state index is 14.1. The van der Waals surface area contributed by atoms with Crippen molar-refractivity contribution in [1.29, 1.82) is 0 Å². The van der Waals surface area contributed by atoms with E-state index in [9.17, 15) is 19.2 Å². The van der Waals surface area contributed by atoms with Gasteiger partial charge in [-0.05, 0) is 49.7 Å². The Morgan fingerprint density at radius 2 is 1.84 bits per heavy atom. The number of amides is 4. The molecule has 2 aromatic carbocycles. The largest absolute Gasteiger partial charge is 0.496 e. The number of nitrogens with zero attached hydrogens (tertiary/aromatic N) is 1. The third-order valence-electron chi connectivity index (χ3n) is 7.84. The molecule has 1 saturated heterocycles. The van der Waals surface area contributed by atoms with Crippen molar-refractivity contribution in [2.45, 2.75) is 63.9 Å². The van der Waals surface area contributed by atoms with Crippen LogP contribution in [0.2, 0.25) is 0 Å². The summed E-state index contributed by atoms with van der Waals surface area (Å²) in [5, 5.41) is 11.4. The van der Waals surface area contributed by atoms with Crippen LogP contribution < -0.4 is 30.7 Å². The molecular weight excluding hydrogens is 550 g/mol. The lowest BCUT2D eigenvalue weighted by molar-refractivity contribution is -0.144. The molecule has 4 N–H and O–H groups in total. The van der Waals surface area contributed by atoms with Gasteiger partial charge in [-0.25, -0.2) is 0 Å². The summed E-state index contributed by atoms with van der Waals surface area (Å²) < 4.78 is 11.8. The molecule has 4 rings (SSSR count). The second kappa shape index (κ2) is 14.2. The van der Waals surface area contributed by atoms with Gasteiger partial charge >= 0.3 is 0 Å². The standard InChI is InChI=1S/C32H41N5O6/c1-19(2)27(36-29(38)20(3)33-4)32(41)37-16-14-26-28(37)31(40)35-24(17-21-9-7-6-8-10-21)30(39)34-15-13-22-18-23(43-26)11-12-25(22)42-5/h6-13,15,18-20,24,26-28,33H,14,16-17H2,1-5H3,(H,34,39)(H,35,40)(H,36,38)/t20-,24-,26-,27-,28-/m0/s1. The van der Waals surface area contributed by atoms with E-state index in [0.717, 1.165) is 5.56 Å². The number of hydrogen-bond acceptors (Lipinski definition) is 7. The maximum Gasteiger partial charge on any atom is 0.247 e. The second-order valence-corrected chi connectivity index (χ2v) is 11.2. The second-order valence-electron chi connectivity index (χ2n) is 11.2. The number of rotatable bonds is 8. The van der Waals surface area contributed by atoms with Gasteiger partial charge in [0.2, 0.25) is 23.6 Å². The Morgan fingerprint density at radius 1 is 1.09 bits per heavy atom. The molecule has 43 heavy (non-hydrogen) atoms. The molecular formula is C32H41N5O6. The van der Waals surface area contributed by atoms with E-state index in [4.69, 9.17) is 9.47 Å². The minimum Gasteiger partial charge on any atom is -0.496 e. The molecule has 11 nitrogen and oxygen atoms in total. The molecule has 230 valence electrons. The molecule has 0 saturated carbocycles. The summed E-state index contributed by atoms with van der Waals surface area (Å²) >= 11 is 0. The molecule has 0 spiro atoms. The minimum atomic E-state index is -1.04. The summed E-state index contributed by atoms with van der Waals surface area (Å²) in [5.74, 6) is -0.812. The number of hydrogen-bond donors (Lipinski definition) is 4. The molecule has 2 aromatic rings. The van der Waals surface area contributed by atoms with E-state index in [1.54, 1.807) is 45.4 Å². The lowest BCUT2D eigenvalue weighted by Gasteiger charge is -2.33. The van der Waals surface area contributed by atoms with Gasteiger partial charge < -0.3 is 35.6 Å². The molecule has 0 radical (unpaired) electrons. The first kappa shape index (κ1) is 31.6. The van der Waals surface area contributed by atoms with Crippen LogP contribution >= 0.6 is 0 Å². The smallest absolute Gasteiger partial charge is 0.247 e. The number of methoxy groups -OCH3 is 1. The van der Waals surface area contributed by atoms with Gasteiger partial charge in [-0.3, -0.25) is 19.2 Å². The summed E-state index contributed by atoms with van der Waals surface area (Å²) in [5.41, 5.74) is 1.53. The van der Waals surface area contributed by atoms with E-state index in [-0.39, 0.29) is 30.7 Å². The number of likely N-dealkylation sites (N-methyl/N-ethyl adjacent to an activating group) is 1. The highest BCUT2D eigenvalue weighted by Crippen LogP contribution is 2.30. The topological polar surface area (TPSA) is 138 Å². The average molecular weight is 592 g/mol. The Hall–Kier alpha value is -4.38. The monoisotopic (exact) mass is 591 g/mol. The van der Waals surface area contributed by atoms with Crippen molar-refractivity contribution in [2.24, 2.45) is 5.92 Å². The van der Waals surface area contributed by atoms with Crippen LogP contribution in [0.5, 0.6) is 11.5 Å². The molecule has 5 atom stereocenters. The van der Waals surface area contributed by atoms with Crippen LogP contribution in [0.1, 0.15) is 38.3 Å². The van der Waals surface area contributed by atoms with Crippen LogP contribution in [0, 0.1) is 5.92 Å². The van der Waals surface area contributed by atoms with Crippen molar-refractivity contribution in [2.75, 3.05) is 20.7 Å². The van der Waals surface area contributed by atoms with E-state index in [1.165, 1.54) is 11.1 Å². The predicted molar refractivity (Wildman–Crippen MR) is 162 cm³/mol. The minimum absolute atomic E-state index is 0.237. The highest BCUT2D eigenvalue weighted by molar-refractivity contribution is 5.96. The fourth-order valence-corrected chi connectivity index (χ4v) is 5.27. The summed E-state index contributed by atoms with van der Waals surface area (Å²) in [6, 6.07) is 11.3. The summed E-state index contributed by atoms with van der Waals surface area (Å²) in [6.07, 6.45) is 3.12. The van der Waals surface area contributed by atoms with Crippen molar-refractivity contribution < 1.29 is 28.7 Å². The zero-order chi connectivity index (χ0) is 31.1. The van der Waals surface area contributed by atoms with E-state index < -0.39 is 42.1 Å². The molecule has 4 amide bonds. The van der Waals surface area contributed by atoms with Crippen LogP contribution in [0.25, 0.3) is 6.08 Å². The van der Waals surface area contributed by atoms with Crippen LogP contribution in [-0.2, 0) is 25.6 Å². The number of likely N-dealkylation sites (tertiary alicyclic amines) is 1. The van der Waals surface area contributed by atoms with Gasteiger partial charge in [0.1, 0.15) is 35.7 Å². The van der Waals surface area contributed by atoms with Gasteiger partial charge in [-0.1, -0.05) is 44.2 Å². The van der Waals surface area contributed by atoms with Crippen molar-refractivity contribution in [1.82, 2.24) is 26.2 Å². The van der Waals surface area contributed by atoms with Crippen molar-refractivity contribution >= 4 is 29.7 Å². The van der Waals surface area contributed by atoms with Crippen molar-refractivity contribution in [3.63, 3.8) is 0 Å². The zero-order valence-corrected chi connectivity index (χ0v) is 25.3. The van der Waals surface area contributed by atoms with Crippen LogP contribution in [0.4, 0.5) is 0 Å². The first-order valence-corrected chi connectivity index (χ1v) is 14.6. The predicted octanol–water partition coefficient (Wildman–Crippen LogP) is 1.62. The fraction of sp³-hybridized carbons (Fsp3) is 0.438. The van der Waals surface area contributed by atoms with Gasteiger partial charge in [-0.15, -0.1) is 0 Å². The van der Waals surface area contributed by atoms with Gasteiger partial charge in [0, 0.05) is 31.1 Å². The van der Waals surface area contributed by atoms with E-state index in [2.05, 4.69) is 21.3 Å². The zero-order valence-electron chi connectivity index (χ0n) is 25.3. The van der Waals surface area contributed by atoms with Crippen molar-refractivity contribution in [3.8, 4) is 11.5 Å². The van der Waals surface area contributed by atoms with Crippen LogP contribution in [-0.4, -0.2) is 79.5 Å². The average Bonchev–Trinajstić information content (AvgIpc) is 3.42. The fourth-order valence-electron chi connectivity index (χ4n) is 5.27. The first-order chi connectivity index (χ1) is 20.6. The summed E-state index contributed by atoms with van der Waals surface area (Å²) in [4.78, 5) is 55.7. The van der Waals surface area contributed by atoms with Gasteiger partial charge in [-0.2, -0.15) is 0 Å². The van der Waals surface area contributed by atoms with Crippen LogP contribution in [0.3, 0.4) is 0 Å². The first-order valence-electron chi connectivity index (χ1n) is 14.6. The van der Waals surface area contributed by atoms with Gasteiger partial charge in [0.05, 0.1) is 13.2 Å². The van der Waals surface area contributed by atoms with E-state index >= 15 is 0 Å². The van der Waals surface area contributed by atoms with Crippen molar-refractivity contribution in [3.05, 3.63) is 65.9 Å². The Balaban J connectivity index is 1.71. The number of nitrogens with one attached hydrogen (secondary N) is 4. The lowest BCUT2D eigenvalue weighted by Crippen LogP contribution is -2.60. The van der Waals surface area contributed by atoms with Gasteiger partial charge in [0.15, 0.2) is 0 Å². The maximum atomic E-state index is 14.1. The number of ether oxygens (including phenoxy) is 2. The highest BCUT2D eigenvalue weighted by atomic mass is 16.5. The number of benzene rings is 2. The molecule has 11 heteroatoms. The molecule has 2 heterocycles. The van der Waals surface area contributed by atoms with Gasteiger partial charge in [0.25, 0.3) is 0 Å². The molecule has 0 aromatic heterocycles. The SMILES string of the molecule is CN[C@@H](C)C(=O)N[C@H](C(=O)N1CC[C@@H]2Oc3ccc(OC)c(c3)C=CNC(=O)[C@H](Cc3ccccc3)NC(=O)[C@H]21)C(C)C. The number of fused-ring (bicyclic) bond motifs is 3. The third-order valence-corrected chi connectivity index (χ3v) is 7.84.